The number of rotatable bonds is 6. The zero-order chi connectivity index (χ0) is 15.2. The fourth-order valence-electron chi connectivity index (χ4n) is 2.25. The first kappa shape index (κ1) is 15.5. The predicted octanol–water partition coefficient (Wildman–Crippen LogP) is 2.69. The highest BCUT2D eigenvalue weighted by molar-refractivity contribution is 6.30. The first-order valence-electron chi connectivity index (χ1n) is 6.78. The molecule has 0 aliphatic heterocycles. The Morgan fingerprint density at radius 2 is 2.24 bits per heavy atom. The van der Waals surface area contributed by atoms with E-state index in [9.17, 15) is 0 Å². The molecule has 2 aromatic heterocycles. The highest BCUT2D eigenvalue weighted by Crippen LogP contribution is 2.21. The van der Waals surface area contributed by atoms with Gasteiger partial charge in [0, 0.05) is 51.1 Å². The Bertz CT molecular complexity index is 630. The lowest BCUT2D eigenvalue weighted by molar-refractivity contribution is 0.262. The Morgan fingerprint density at radius 3 is 2.81 bits per heavy atom. The molecule has 6 heteroatoms. The molecular formula is C15H18ClN5. The molecule has 0 aliphatic rings. The summed E-state index contributed by atoms with van der Waals surface area (Å²) in [4.78, 5) is 6.32. The van der Waals surface area contributed by atoms with E-state index in [4.69, 9.17) is 16.9 Å². The zero-order valence-corrected chi connectivity index (χ0v) is 13.0. The maximum atomic E-state index is 8.83. The molecule has 0 radical (unpaired) electrons. The molecule has 0 N–H and O–H groups in total. The third-order valence-corrected chi connectivity index (χ3v) is 3.79. The number of hydrogen-bond donors (Lipinski definition) is 0. The van der Waals surface area contributed by atoms with Crippen LogP contribution in [0.15, 0.2) is 24.5 Å². The Kier molecular flexibility index (Phi) is 5.32. The van der Waals surface area contributed by atoms with Gasteiger partial charge in [-0.05, 0) is 18.6 Å². The van der Waals surface area contributed by atoms with Crippen LogP contribution in [-0.4, -0.2) is 26.2 Å². The normalized spacial score (nSPS) is 10.8. The van der Waals surface area contributed by atoms with Crippen LogP contribution in [-0.2, 0) is 20.1 Å². The van der Waals surface area contributed by atoms with Gasteiger partial charge >= 0.3 is 0 Å². The molecule has 0 aromatic carbocycles. The van der Waals surface area contributed by atoms with Crippen molar-refractivity contribution in [1.82, 2.24) is 19.7 Å². The van der Waals surface area contributed by atoms with Crippen LogP contribution in [0, 0.1) is 18.3 Å². The van der Waals surface area contributed by atoms with Crippen LogP contribution >= 0.6 is 11.6 Å². The molecule has 0 spiro atoms. The topological polar surface area (TPSA) is 57.7 Å². The summed E-state index contributed by atoms with van der Waals surface area (Å²) in [5, 5.41) is 13.8. The number of hydrogen-bond acceptors (Lipinski definition) is 4. The van der Waals surface area contributed by atoms with E-state index < -0.39 is 0 Å². The summed E-state index contributed by atoms with van der Waals surface area (Å²) in [6.45, 7) is 4.05. The molecule has 0 atom stereocenters. The summed E-state index contributed by atoms with van der Waals surface area (Å²) in [5.74, 6) is 0. The molecule has 21 heavy (non-hydrogen) atoms. The van der Waals surface area contributed by atoms with Crippen LogP contribution in [0.4, 0.5) is 0 Å². The van der Waals surface area contributed by atoms with Crippen molar-refractivity contribution in [3.05, 3.63) is 46.5 Å². The molecule has 2 rings (SSSR count). The Morgan fingerprint density at radius 1 is 1.43 bits per heavy atom. The fraction of sp³-hybridized carbons (Fsp3) is 0.400. The summed E-state index contributed by atoms with van der Waals surface area (Å²) in [5.41, 5.74) is 3.06. The van der Waals surface area contributed by atoms with E-state index in [1.54, 1.807) is 10.9 Å². The minimum absolute atomic E-state index is 0.483. The second-order valence-corrected chi connectivity index (χ2v) is 5.32. The van der Waals surface area contributed by atoms with Crippen molar-refractivity contribution in [2.45, 2.75) is 26.4 Å². The molecule has 5 nitrogen and oxygen atoms in total. The van der Waals surface area contributed by atoms with Crippen molar-refractivity contribution in [2.75, 3.05) is 6.54 Å². The SMILES string of the molecule is Cc1nn(C)c(Cl)c1CN(CCC#N)Cc1cccnc1. The van der Waals surface area contributed by atoms with E-state index in [-0.39, 0.29) is 0 Å². The molecule has 0 bridgehead atoms. The summed E-state index contributed by atoms with van der Waals surface area (Å²) in [6, 6.07) is 6.14. The largest absolute Gasteiger partial charge is 0.294 e. The summed E-state index contributed by atoms with van der Waals surface area (Å²) in [7, 11) is 1.83. The van der Waals surface area contributed by atoms with Gasteiger partial charge in [0.05, 0.1) is 11.8 Å². The minimum atomic E-state index is 0.483. The molecule has 0 amide bonds. The van der Waals surface area contributed by atoms with E-state index in [1.807, 2.05) is 32.3 Å². The standard InChI is InChI=1S/C15H18ClN5/c1-12-14(15(16)20(2)19-12)11-21(8-4-6-17)10-13-5-3-7-18-9-13/h3,5,7,9H,4,8,10-11H2,1-2H3. The van der Waals surface area contributed by atoms with Gasteiger partial charge in [-0.3, -0.25) is 14.6 Å². The first-order chi connectivity index (χ1) is 10.1. The predicted molar refractivity (Wildman–Crippen MR) is 81.5 cm³/mol. The van der Waals surface area contributed by atoms with Gasteiger partial charge in [0.15, 0.2) is 0 Å². The van der Waals surface area contributed by atoms with Crippen molar-refractivity contribution >= 4 is 11.6 Å². The van der Waals surface area contributed by atoms with Gasteiger partial charge in [-0.1, -0.05) is 17.7 Å². The summed E-state index contributed by atoms with van der Waals surface area (Å²) in [6.07, 6.45) is 4.08. The highest BCUT2D eigenvalue weighted by Gasteiger charge is 2.15. The third kappa shape index (κ3) is 4.03. The second kappa shape index (κ2) is 7.21. The van der Waals surface area contributed by atoms with Crippen molar-refractivity contribution in [3.8, 4) is 6.07 Å². The van der Waals surface area contributed by atoms with E-state index in [0.29, 0.717) is 24.7 Å². The highest BCUT2D eigenvalue weighted by atomic mass is 35.5. The van der Waals surface area contributed by atoms with Gasteiger partial charge in [-0.25, -0.2) is 0 Å². The van der Waals surface area contributed by atoms with Gasteiger partial charge in [-0.15, -0.1) is 0 Å². The van der Waals surface area contributed by atoms with Gasteiger partial charge in [0.1, 0.15) is 5.15 Å². The van der Waals surface area contributed by atoms with Crippen LogP contribution in [0.25, 0.3) is 0 Å². The quantitative estimate of drug-likeness (QED) is 0.823. The third-order valence-electron chi connectivity index (χ3n) is 3.32. The van der Waals surface area contributed by atoms with E-state index in [0.717, 1.165) is 23.4 Å². The molecule has 0 fully saturated rings. The molecule has 0 aliphatic carbocycles. The fourth-order valence-corrected chi connectivity index (χ4v) is 2.48. The van der Waals surface area contributed by atoms with Gasteiger partial charge in [0.2, 0.25) is 0 Å². The average Bonchev–Trinajstić information content (AvgIpc) is 2.72. The lowest BCUT2D eigenvalue weighted by atomic mass is 10.2. The maximum Gasteiger partial charge on any atom is 0.131 e. The number of aryl methyl sites for hydroxylation is 2. The number of pyridine rings is 1. The zero-order valence-electron chi connectivity index (χ0n) is 12.3. The van der Waals surface area contributed by atoms with Crippen molar-refractivity contribution in [2.24, 2.45) is 7.05 Å². The summed E-state index contributed by atoms with van der Waals surface area (Å²) < 4.78 is 1.68. The van der Waals surface area contributed by atoms with Gasteiger partial charge < -0.3 is 0 Å². The maximum absolute atomic E-state index is 8.83. The lowest BCUT2D eigenvalue weighted by Crippen LogP contribution is -2.24. The number of halogens is 1. The van der Waals surface area contributed by atoms with Crippen LogP contribution in [0.1, 0.15) is 23.2 Å². The Balaban J connectivity index is 2.14. The van der Waals surface area contributed by atoms with E-state index in [1.165, 1.54) is 0 Å². The average molecular weight is 304 g/mol. The summed E-state index contributed by atoms with van der Waals surface area (Å²) >= 11 is 6.29. The Labute approximate surface area is 129 Å². The Hall–Kier alpha value is -1.90. The van der Waals surface area contributed by atoms with Crippen molar-refractivity contribution in [1.29, 1.82) is 5.26 Å². The van der Waals surface area contributed by atoms with Crippen molar-refractivity contribution in [3.63, 3.8) is 0 Å². The monoisotopic (exact) mass is 303 g/mol. The van der Waals surface area contributed by atoms with Crippen molar-refractivity contribution < 1.29 is 0 Å². The molecule has 110 valence electrons. The van der Waals surface area contributed by atoms with E-state index >= 15 is 0 Å². The van der Waals surface area contributed by atoms with Gasteiger partial charge in [-0.2, -0.15) is 10.4 Å². The smallest absolute Gasteiger partial charge is 0.131 e. The molecule has 2 heterocycles. The van der Waals surface area contributed by atoms with E-state index in [2.05, 4.69) is 21.1 Å². The molecular weight excluding hydrogens is 286 g/mol. The van der Waals surface area contributed by atoms with Crippen LogP contribution in [0.3, 0.4) is 0 Å². The number of nitrogens with zero attached hydrogens (tertiary/aromatic N) is 5. The molecule has 0 saturated heterocycles. The number of nitriles is 1. The minimum Gasteiger partial charge on any atom is -0.294 e. The first-order valence-corrected chi connectivity index (χ1v) is 7.15. The molecule has 0 unspecified atom stereocenters. The molecule has 2 aromatic rings. The second-order valence-electron chi connectivity index (χ2n) is 4.96. The van der Waals surface area contributed by atoms with Crippen LogP contribution < -0.4 is 0 Å². The molecule has 0 saturated carbocycles. The van der Waals surface area contributed by atoms with Gasteiger partial charge in [0.25, 0.3) is 0 Å². The number of aromatic nitrogens is 3. The van der Waals surface area contributed by atoms with Crippen LogP contribution in [0.2, 0.25) is 5.15 Å². The lowest BCUT2D eigenvalue weighted by Gasteiger charge is -2.21. The van der Waals surface area contributed by atoms with Crippen LogP contribution in [0.5, 0.6) is 0 Å².